The Morgan fingerprint density at radius 2 is 2.04 bits per heavy atom. The Hall–Kier alpha value is -1.62. The molecule has 0 spiro atoms. The highest BCUT2D eigenvalue weighted by Gasteiger charge is 2.18. The number of aryl methyl sites for hydroxylation is 1. The Balaban J connectivity index is 1.63. The fraction of sp³-hybridized carbons (Fsp3) is 0.556. The lowest BCUT2D eigenvalue weighted by Gasteiger charge is -2.16. The van der Waals surface area contributed by atoms with Crippen molar-refractivity contribution in [3.8, 4) is 0 Å². The molecule has 23 heavy (non-hydrogen) atoms. The molecule has 1 heterocycles. The Labute approximate surface area is 144 Å². The van der Waals surface area contributed by atoms with Crippen molar-refractivity contribution < 1.29 is 4.79 Å². The van der Waals surface area contributed by atoms with Gasteiger partial charge in [0, 0.05) is 31.7 Å². The average molecular weight is 334 g/mol. The van der Waals surface area contributed by atoms with Crippen molar-refractivity contribution in [1.29, 1.82) is 0 Å². The van der Waals surface area contributed by atoms with Crippen molar-refractivity contribution in [2.45, 2.75) is 45.4 Å². The van der Waals surface area contributed by atoms with Gasteiger partial charge in [0.1, 0.15) is 0 Å². The fourth-order valence-corrected chi connectivity index (χ4v) is 2.94. The third kappa shape index (κ3) is 6.18. The Morgan fingerprint density at radius 1 is 1.26 bits per heavy atom. The maximum Gasteiger partial charge on any atom is 0.222 e. The summed E-state index contributed by atoms with van der Waals surface area (Å²) in [5.41, 5.74) is 2.38. The maximum atomic E-state index is 11.5. The molecule has 1 aliphatic heterocycles. The van der Waals surface area contributed by atoms with Gasteiger partial charge in [-0.3, -0.25) is 4.79 Å². The molecular weight excluding hydrogens is 306 g/mol. The minimum Gasteiger partial charge on any atom is -0.362 e. The van der Waals surface area contributed by atoms with Crippen LogP contribution >= 0.6 is 12.2 Å². The van der Waals surface area contributed by atoms with E-state index < -0.39 is 0 Å². The zero-order valence-electron chi connectivity index (χ0n) is 13.9. The van der Waals surface area contributed by atoms with Crippen LogP contribution in [0.1, 0.15) is 44.6 Å². The van der Waals surface area contributed by atoms with Crippen LogP contribution in [0.2, 0.25) is 0 Å². The number of likely N-dealkylation sites (tertiary alicyclic amines) is 1. The maximum absolute atomic E-state index is 11.5. The van der Waals surface area contributed by atoms with E-state index in [4.69, 9.17) is 12.2 Å². The smallest absolute Gasteiger partial charge is 0.222 e. The number of nitrogens with zero attached hydrogens (tertiary/aromatic N) is 1. The van der Waals surface area contributed by atoms with Crippen LogP contribution < -0.4 is 10.6 Å². The topological polar surface area (TPSA) is 44.4 Å². The van der Waals surface area contributed by atoms with Crippen molar-refractivity contribution in [2.75, 3.05) is 25.0 Å². The number of amides is 1. The van der Waals surface area contributed by atoms with Gasteiger partial charge in [0.25, 0.3) is 0 Å². The number of nitrogens with one attached hydrogen (secondary N) is 2. The molecule has 0 unspecified atom stereocenters. The highest BCUT2D eigenvalue weighted by Crippen LogP contribution is 2.12. The van der Waals surface area contributed by atoms with E-state index in [1.165, 1.54) is 18.4 Å². The second-order valence-corrected chi connectivity index (χ2v) is 6.43. The third-order valence-corrected chi connectivity index (χ3v) is 4.34. The number of benzene rings is 1. The van der Waals surface area contributed by atoms with E-state index in [9.17, 15) is 4.79 Å². The van der Waals surface area contributed by atoms with Crippen molar-refractivity contribution >= 4 is 28.9 Å². The average Bonchev–Trinajstić information content (AvgIpc) is 2.96. The van der Waals surface area contributed by atoms with E-state index in [0.29, 0.717) is 11.5 Å². The molecule has 0 aromatic heterocycles. The molecular formula is C18H27N3OS. The van der Waals surface area contributed by atoms with E-state index in [-0.39, 0.29) is 5.91 Å². The van der Waals surface area contributed by atoms with Crippen molar-refractivity contribution in [3.05, 3.63) is 29.8 Å². The van der Waals surface area contributed by atoms with Gasteiger partial charge in [-0.2, -0.15) is 0 Å². The summed E-state index contributed by atoms with van der Waals surface area (Å²) in [6.45, 7) is 4.72. The Morgan fingerprint density at radius 3 is 2.70 bits per heavy atom. The van der Waals surface area contributed by atoms with Gasteiger partial charge in [0.2, 0.25) is 5.91 Å². The van der Waals surface area contributed by atoms with Gasteiger partial charge >= 0.3 is 0 Å². The van der Waals surface area contributed by atoms with Gasteiger partial charge < -0.3 is 15.5 Å². The minimum atomic E-state index is 0.286. The summed E-state index contributed by atoms with van der Waals surface area (Å²) in [4.78, 5) is 13.4. The van der Waals surface area contributed by atoms with Gasteiger partial charge in [0.05, 0.1) is 0 Å². The minimum absolute atomic E-state index is 0.286. The lowest BCUT2D eigenvalue weighted by molar-refractivity contribution is -0.127. The zero-order chi connectivity index (χ0) is 16.5. The summed E-state index contributed by atoms with van der Waals surface area (Å²) in [7, 11) is 0. The number of unbranched alkanes of at least 4 members (excludes halogenated alkanes) is 1. The summed E-state index contributed by atoms with van der Waals surface area (Å²) in [5.74, 6) is 0.286. The van der Waals surface area contributed by atoms with Gasteiger partial charge in [-0.15, -0.1) is 0 Å². The summed E-state index contributed by atoms with van der Waals surface area (Å²) in [5, 5.41) is 7.04. The molecule has 0 saturated carbocycles. The van der Waals surface area contributed by atoms with E-state index in [1.54, 1.807) is 0 Å². The number of anilines is 1. The standard InChI is InChI=1S/C18H27N3OS/c1-2-3-6-15-8-10-16(11-9-15)20-18(23)19-12-5-14-21-13-4-7-17(21)22/h8-11H,2-7,12-14H2,1H3,(H2,19,20,23). The molecule has 2 rings (SSSR count). The molecule has 1 aliphatic rings. The fourth-order valence-electron chi connectivity index (χ4n) is 2.72. The summed E-state index contributed by atoms with van der Waals surface area (Å²) in [6, 6.07) is 8.45. The molecule has 0 bridgehead atoms. The second-order valence-electron chi connectivity index (χ2n) is 6.02. The molecule has 1 aromatic rings. The molecule has 0 aliphatic carbocycles. The van der Waals surface area contributed by atoms with E-state index in [2.05, 4.69) is 41.8 Å². The van der Waals surface area contributed by atoms with Crippen LogP contribution in [-0.4, -0.2) is 35.6 Å². The van der Waals surface area contributed by atoms with Crippen molar-refractivity contribution in [1.82, 2.24) is 10.2 Å². The summed E-state index contributed by atoms with van der Waals surface area (Å²) in [6.07, 6.45) is 6.21. The number of thiocarbonyl (C=S) groups is 1. The predicted molar refractivity (Wildman–Crippen MR) is 99.7 cm³/mol. The van der Waals surface area contributed by atoms with Crippen LogP contribution in [0.5, 0.6) is 0 Å². The van der Waals surface area contributed by atoms with Crippen molar-refractivity contribution in [3.63, 3.8) is 0 Å². The summed E-state index contributed by atoms with van der Waals surface area (Å²) < 4.78 is 0. The highest BCUT2D eigenvalue weighted by atomic mass is 32.1. The number of carbonyl (C=O) groups excluding carboxylic acids is 1. The normalized spacial score (nSPS) is 14.1. The van der Waals surface area contributed by atoms with E-state index in [0.717, 1.165) is 44.6 Å². The van der Waals surface area contributed by atoms with E-state index in [1.807, 2.05) is 4.90 Å². The molecule has 2 N–H and O–H groups in total. The van der Waals surface area contributed by atoms with Gasteiger partial charge in [-0.1, -0.05) is 25.5 Å². The molecule has 126 valence electrons. The molecule has 1 aromatic carbocycles. The molecule has 0 radical (unpaired) electrons. The second kappa shape index (κ2) is 9.50. The van der Waals surface area contributed by atoms with Gasteiger partial charge in [0.15, 0.2) is 5.11 Å². The van der Waals surface area contributed by atoms with Gasteiger partial charge in [-0.05, 0) is 55.6 Å². The molecule has 1 saturated heterocycles. The molecule has 1 amide bonds. The van der Waals surface area contributed by atoms with E-state index >= 15 is 0 Å². The molecule has 4 nitrogen and oxygen atoms in total. The van der Waals surface area contributed by atoms with Crippen LogP contribution in [0.15, 0.2) is 24.3 Å². The monoisotopic (exact) mass is 333 g/mol. The van der Waals surface area contributed by atoms with Crippen LogP contribution in [0.4, 0.5) is 5.69 Å². The number of hydrogen-bond donors (Lipinski definition) is 2. The number of hydrogen-bond acceptors (Lipinski definition) is 2. The first-order valence-corrected chi connectivity index (χ1v) is 9.01. The third-order valence-electron chi connectivity index (χ3n) is 4.09. The number of rotatable bonds is 8. The van der Waals surface area contributed by atoms with Crippen LogP contribution in [0.3, 0.4) is 0 Å². The SMILES string of the molecule is CCCCc1ccc(NC(=S)NCCCN2CCCC2=O)cc1. The Bertz CT molecular complexity index is 516. The first-order chi connectivity index (χ1) is 11.2. The number of carbonyl (C=O) groups is 1. The lowest BCUT2D eigenvalue weighted by Crippen LogP contribution is -2.32. The first kappa shape index (κ1) is 17.7. The molecule has 1 fully saturated rings. The largest absolute Gasteiger partial charge is 0.362 e. The first-order valence-electron chi connectivity index (χ1n) is 8.60. The summed E-state index contributed by atoms with van der Waals surface area (Å²) >= 11 is 5.31. The zero-order valence-corrected chi connectivity index (χ0v) is 14.8. The highest BCUT2D eigenvalue weighted by molar-refractivity contribution is 7.80. The molecule has 5 heteroatoms. The Kier molecular flexibility index (Phi) is 7.33. The van der Waals surface area contributed by atoms with Gasteiger partial charge in [-0.25, -0.2) is 0 Å². The van der Waals surface area contributed by atoms with Crippen LogP contribution in [0.25, 0.3) is 0 Å². The predicted octanol–water partition coefficient (Wildman–Crippen LogP) is 3.33. The quantitative estimate of drug-likeness (QED) is 0.566. The van der Waals surface area contributed by atoms with Crippen LogP contribution in [0, 0.1) is 0 Å². The molecule has 0 atom stereocenters. The van der Waals surface area contributed by atoms with Crippen LogP contribution in [-0.2, 0) is 11.2 Å². The van der Waals surface area contributed by atoms with Crippen molar-refractivity contribution in [2.24, 2.45) is 0 Å². The lowest BCUT2D eigenvalue weighted by atomic mass is 10.1.